The lowest BCUT2D eigenvalue weighted by atomic mass is 10.4. The second kappa shape index (κ2) is 2.42. The van der Waals surface area contributed by atoms with Gasteiger partial charge >= 0.3 is 0 Å². The standard InChI is InChI=1S/C5H5BrN2O2/c1-2-3(6)4(5(7)9)8-10-2/h1H3,(H2,7,9). The lowest BCUT2D eigenvalue weighted by molar-refractivity contribution is 0.0991. The molecule has 0 spiro atoms. The molecular formula is C5H5BrN2O2. The highest BCUT2D eigenvalue weighted by atomic mass is 79.9. The Morgan fingerprint density at radius 3 is 2.60 bits per heavy atom. The van der Waals surface area contributed by atoms with Crippen molar-refractivity contribution in [2.24, 2.45) is 5.73 Å². The number of amides is 1. The number of nitrogens with two attached hydrogens (primary N) is 1. The number of aromatic nitrogens is 1. The van der Waals surface area contributed by atoms with Crippen LogP contribution in [0.25, 0.3) is 0 Å². The largest absolute Gasteiger partial charge is 0.364 e. The Morgan fingerprint density at radius 1 is 1.80 bits per heavy atom. The summed E-state index contributed by atoms with van der Waals surface area (Å²) in [7, 11) is 0. The van der Waals surface area contributed by atoms with Crippen LogP contribution < -0.4 is 5.73 Å². The molecule has 0 aromatic carbocycles. The van der Waals surface area contributed by atoms with Gasteiger partial charge in [-0.1, -0.05) is 5.16 Å². The van der Waals surface area contributed by atoms with Crippen LogP contribution >= 0.6 is 15.9 Å². The van der Waals surface area contributed by atoms with E-state index in [1.54, 1.807) is 6.92 Å². The molecule has 1 heterocycles. The summed E-state index contributed by atoms with van der Waals surface area (Å²) < 4.78 is 5.19. The van der Waals surface area contributed by atoms with Crippen LogP contribution in [0.5, 0.6) is 0 Å². The molecule has 0 fully saturated rings. The molecule has 2 N–H and O–H groups in total. The normalized spacial score (nSPS) is 9.80. The van der Waals surface area contributed by atoms with Crippen LogP contribution in [-0.2, 0) is 0 Å². The molecule has 0 bridgehead atoms. The van der Waals surface area contributed by atoms with E-state index < -0.39 is 5.91 Å². The highest BCUT2D eigenvalue weighted by Gasteiger charge is 2.13. The quantitative estimate of drug-likeness (QED) is 0.738. The zero-order valence-corrected chi connectivity index (χ0v) is 6.81. The lowest BCUT2D eigenvalue weighted by Gasteiger charge is -1.83. The van der Waals surface area contributed by atoms with Crippen LogP contribution in [0.3, 0.4) is 0 Å². The van der Waals surface area contributed by atoms with Crippen LogP contribution in [0.1, 0.15) is 16.2 Å². The van der Waals surface area contributed by atoms with Gasteiger partial charge in [-0.05, 0) is 22.9 Å². The van der Waals surface area contributed by atoms with Crippen LogP contribution in [0, 0.1) is 6.92 Å². The molecule has 4 nitrogen and oxygen atoms in total. The second-order valence-corrected chi connectivity index (χ2v) is 2.56. The van der Waals surface area contributed by atoms with Gasteiger partial charge in [0.15, 0.2) is 5.69 Å². The third-order valence-electron chi connectivity index (χ3n) is 1.02. The van der Waals surface area contributed by atoms with Gasteiger partial charge in [0.25, 0.3) is 5.91 Å². The van der Waals surface area contributed by atoms with Gasteiger partial charge in [0, 0.05) is 0 Å². The van der Waals surface area contributed by atoms with Gasteiger partial charge in [-0.25, -0.2) is 0 Å². The predicted octanol–water partition coefficient (Wildman–Crippen LogP) is 0.844. The molecule has 0 saturated heterocycles. The van der Waals surface area contributed by atoms with E-state index in [4.69, 9.17) is 5.73 Å². The molecule has 0 saturated carbocycles. The van der Waals surface area contributed by atoms with Crippen LogP contribution in [0.2, 0.25) is 0 Å². The molecule has 54 valence electrons. The first-order chi connectivity index (χ1) is 4.63. The van der Waals surface area contributed by atoms with Crippen LogP contribution in [0.4, 0.5) is 0 Å². The Kier molecular flexibility index (Phi) is 1.76. The summed E-state index contributed by atoms with van der Waals surface area (Å²) in [5, 5.41) is 3.42. The second-order valence-electron chi connectivity index (χ2n) is 1.77. The topological polar surface area (TPSA) is 69.1 Å². The number of rotatable bonds is 1. The van der Waals surface area contributed by atoms with Gasteiger partial charge in [-0.2, -0.15) is 0 Å². The summed E-state index contributed by atoms with van der Waals surface area (Å²) in [6.45, 7) is 1.68. The van der Waals surface area contributed by atoms with Gasteiger partial charge in [-0.3, -0.25) is 4.79 Å². The van der Waals surface area contributed by atoms with E-state index >= 15 is 0 Å². The summed E-state index contributed by atoms with van der Waals surface area (Å²) in [6, 6.07) is 0. The molecule has 0 aliphatic heterocycles. The van der Waals surface area contributed by atoms with Gasteiger partial charge in [0.05, 0.1) is 4.47 Å². The Hall–Kier alpha value is -0.840. The summed E-state index contributed by atoms with van der Waals surface area (Å²) in [4.78, 5) is 10.5. The molecule has 0 unspecified atom stereocenters. The third-order valence-corrected chi connectivity index (χ3v) is 1.96. The molecule has 0 radical (unpaired) electrons. The van der Waals surface area contributed by atoms with Crippen LogP contribution in [-0.4, -0.2) is 11.1 Å². The van der Waals surface area contributed by atoms with Gasteiger partial charge in [-0.15, -0.1) is 0 Å². The van der Waals surface area contributed by atoms with Crippen molar-refractivity contribution in [2.75, 3.05) is 0 Å². The van der Waals surface area contributed by atoms with Gasteiger partial charge < -0.3 is 10.3 Å². The summed E-state index contributed by atoms with van der Waals surface area (Å²) >= 11 is 3.09. The van der Waals surface area contributed by atoms with Crippen molar-refractivity contribution in [1.82, 2.24) is 5.16 Å². The molecule has 0 aliphatic rings. The number of nitrogens with zero attached hydrogens (tertiary/aromatic N) is 1. The van der Waals surface area contributed by atoms with E-state index in [0.29, 0.717) is 10.2 Å². The zero-order chi connectivity index (χ0) is 7.72. The first-order valence-corrected chi connectivity index (χ1v) is 3.34. The van der Waals surface area contributed by atoms with E-state index in [0.717, 1.165) is 0 Å². The predicted molar refractivity (Wildman–Crippen MR) is 37.5 cm³/mol. The van der Waals surface area contributed by atoms with E-state index in [1.165, 1.54) is 0 Å². The smallest absolute Gasteiger partial charge is 0.272 e. The molecular weight excluding hydrogens is 200 g/mol. The third kappa shape index (κ3) is 1.04. The number of hydrogen-bond donors (Lipinski definition) is 1. The Bertz CT molecular complexity index is 269. The molecule has 0 atom stereocenters. The van der Waals surface area contributed by atoms with Crippen molar-refractivity contribution in [1.29, 1.82) is 0 Å². The van der Waals surface area contributed by atoms with Crippen LogP contribution in [0.15, 0.2) is 9.00 Å². The Morgan fingerprint density at radius 2 is 2.40 bits per heavy atom. The van der Waals surface area contributed by atoms with E-state index in [-0.39, 0.29) is 5.69 Å². The van der Waals surface area contributed by atoms with E-state index in [1.807, 2.05) is 0 Å². The fraction of sp³-hybridized carbons (Fsp3) is 0.200. The number of carbonyl (C=O) groups excluding carboxylic acids is 1. The lowest BCUT2D eigenvalue weighted by Crippen LogP contribution is -2.11. The summed E-state index contributed by atoms with van der Waals surface area (Å²) in [5.74, 6) is -0.0440. The average Bonchev–Trinajstić information content (AvgIpc) is 2.14. The number of hydrogen-bond acceptors (Lipinski definition) is 3. The fourth-order valence-electron chi connectivity index (χ4n) is 0.514. The Balaban J connectivity index is 3.17. The molecule has 1 amide bonds. The van der Waals surface area contributed by atoms with Crippen molar-refractivity contribution in [2.45, 2.75) is 6.92 Å². The van der Waals surface area contributed by atoms with Crippen molar-refractivity contribution in [3.63, 3.8) is 0 Å². The highest BCUT2D eigenvalue weighted by molar-refractivity contribution is 9.10. The molecule has 1 rings (SSSR count). The minimum absolute atomic E-state index is 0.137. The van der Waals surface area contributed by atoms with Gasteiger partial charge in [0.2, 0.25) is 0 Å². The van der Waals surface area contributed by atoms with E-state index in [9.17, 15) is 4.79 Å². The van der Waals surface area contributed by atoms with Crippen molar-refractivity contribution < 1.29 is 9.32 Å². The monoisotopic (exact) mass is 204 g/mol. The van der Waals surface area contributed by atoms with Crippen molar-refractivity contribution in [3.8, 4) is 0 Å². The van der Waals surface area contributed by atoms with E-state index in [2.05, 4.69) is 25.6 Å². The van der Waals surface area contributed by atoms with Crippen molar-refractivity contribution >= 4 is 21.8 Å². The number of halogens is 1. The maximum Gasteiger partial charge on any atom is 0.272 e. The number of primary amides is 1. The maximum absolute atomic E-state index is 10.5. The fourth-order valence-corrected chi connectivity index (χ4v) is 0.854. The molecule has 5 heteroatoms. The molecule has 0 aliphatic carbocycles. The SMILES string of the molecule is Cc1onc(C(N)=O)c1Br. The number of aryl methyl sites for hydroxylation is 1. The first-order valence-electron chi connectivity index (χ1n) is 2.54. The molecule has 1 aromatic heterocycles. The minimum Gasteiger partial charge on any atom is -0.364 e. The average molecular weight is 205 g/mol. The summed E-state index contributed by atoms with van der Waals surface area (Å²) in [6.07, 6.45) is 0. The maximum atomic E-state index is 10.5. The van der Waals surface area contributed by atoms with Gasteiger partial charge in [0.1, 0.15) is 5.76 Å². The highest BCUT2D eigenvalue weighted by Crippen LogP contribution is 2.19. The molecule has 10 heavy (non-hydrogen) atoms. The van der Waals surface area contributed by atoms with Crippen molar-refractivity contribution in [3.05, 3.63) is 15.9 Å². The zero-order valence-electron chi connectivity index (χ0n) is 5.22. The summed E-state index contributed by atoms with van der Waals surface area (Å²) in [5.41, 5.74) is 5.07. The number of carbonyl (C=O) groups is 1. The first kappa shape index (κ1) is 7.27. The minimum atomic E-state index is -0.594. The Labute approximate surface area is 65.5 Å². The molecule has 1 aromatic rings.